The highest BCUT2D eigenvalue weighted by atomic mass is 35.5. The Morgan fingerprint density at radius 2 is 2.41 bits per heavy atom. The maximum absolute atomic E-state index is 12.0. The van der Waals surface area contributed by atoms with Gasteiger partial charge in [0.2, 0.25) is 5.91 Å². The number of carbonyl (C=O) groups excluding carboxylic acids is 1. The van der Waals surface area contributed by atoms with Crippen molar-refractivity contribution in [3.8, 4) is 0 Å². The van der Waals surface area contributed by atoms with Gasteiger partial charge in [-0.25, -0.2) is 0 Å². The third kappa shape index (κ3) is 3.44. The minimum Gasteiger partial charge on any atom is -0.347 e. The van der Waals surface area contributed by atoms with Gasteiger partial charge in [0, 0.05) is 4.88 Å². The molecule has 0 bridgehead atoms. The summed E-state index contributed by atoms with van der Waals surface area (Å²) in [5.74, 6) is 0.0988. The van der Waals surface area contributed by atoms with Gasteiger partial charge in [0.25, 0.3) is 0 Å². The van der Waals surface area contributed by atoms with Crippen LogP contribution in [-0.2, 0) is 4.79 Å². The van der Waals surface area contributed by atoms with Crippen LogP contribution in [0.15, 0.2) is 12.1 Å². The smallest absolute Gasteiger partial charge is 0.237 e. The molecule has 2 rings (SSSR count). The Balaban J connectivity index is 1.89. The third-order valence-electron chi connectivity index (χ3n) is 3.01. The molecule has 0 aliphatic carbocycles. The zero-order valence-electron chi connectivity index (χ0n) is 9.83. The van der Waals surface area contributed by atoms with Crippen LogP contribution in [0.1, 0.15) is 37.1 Å². The number of halogens is 1. The minimum absolute atomic E-state index is 0.0263. The summed E-state index contributed by atoms with van der Waals surface area (Å²) < 4.78 is 0.761. The molecule has 0 aromatic carbocycles. The number of rotatable bonds is 3. The normalized spacial score (nSPS) is 22.1. The molecule has 2 atom stereocenters. The molecule has 94 valence electrons. The van der Waals surface area contributed by atoms with E-state index in [1.54, 1.807) is 0 Å². The molecule has 1 amide bonds. The van der Waals surface area contributed by atoms with E-state index < -0.39 is 0 Å². The van der Waals surface area contributed by atoms with Crippen LogP contribution in [0.2, 0.25) is 4.34 Å². The van der Waals surface area contributed by atoms with Crippen molar-refractivity contribution >= 4 is 28.8 Å². The number of carbonyl (C=O) groups is 1. The lowest BCUT2D eigenvalue weighted by Gasteiger charge is -2.24. The minimum atomic E-state index is -0.0263. The molecule has 0 spiro atoms. The lowest BCUT2D eigenvalue weighted by molar-refractivity contribution is -0.124. The van der Waals surface area contributed by atoms with Gasteiger partial charge in [0.05, 0.1) is 16.4 Å². The number of hydrogen-bond acceptors (Lipinski definition) is 3. The summed E-state index contributed by atoms with van der Waals surface area (Å²) in [5, 5.41) is 6.28. The standard InChI is InChI=1S/C12H17ClN2OS/c1-8(10-5-6-11(13)17-10)15-12(16)9-4-2-3-7-14-9/h5-6,8-9,14H,2-4,7H2,1H3,(H,15,16)/t8?,9-/m0/s1. The molecule has 0 saturated carbocycles. The van der Waals surface area contributed by atoms with Crippen LogP contribution in [0.4, 0.5) is 0 Å². The van der Waals surface area contributed by atoms with Crippen molar-refractivity contribution in [1.29, 1.82) is 0 Å². The lowest BCUT2D eigenvalue weighted by atomic mass is 10.0. The first-order valence-corrected chi connectivity index (χ1v) is 7.15. The van der Waals surface area contributed by atoms with E-state index in [2.05, 4.69) is 10.6 Å². The van der Waals surface area contributed by atoms with Crippen LogP contribution < -0.4 is 10.6 Å². The van der Waals surface area contributed by atoms with Crippen molar-refractivity contribution in [3.63, 3.8) is 0 Å². The molecule has 17 heavy (non-hydrogen) atoms. The highest BCUT2D eigenvalue weighted by molar-refractivity contribution is 7.16. The van der Waals surface area contributed by atoms with Crippen molar-refractivity contribution in [2.75, 3.05) is 6.54 Å². The molecular weight excluding hydrogens is 256 g/mol. The summed E-state index contributed by atoms with van der Waals surface area (Å²) >= 11 is 7.40. The molecule has 1 aromatic rings. The fourth-order valence-corrected chi connectivity index (χ4v) is 3.09. The molecule has 5 heteroatoms. The predicted molar refractivity (Wildman–Crippen MR) is 71.5 cm³/mol. The summed E-state index contributed by atoms with van der Waals surface area (Å²) in [4.78, 5) is 13.1. The van der Waals surface area contributed by atoms with Crippen LogP contribution in [0, 0.1) is 0 Å². The van der Waals surface area contributed by atoms with Crippen molar-refractivity contribution in [3.05, 3.63) is 21.3 Å². The number of hydrogen-bond donors (Lipinski definition) is 2. The molecule has 2 N–H and O–H groups in total. The summed E-state index contributed by atoms with van der Waals surface area (Å²) in [6.45, 7) is 2.93. The Bertz CT molecular complexity index is 388. The van der Waals surface area contributed by atoms with E-state index >= 15 is 0 Å². The summed E-state index contributed by atoms with van der Waals surface area (Å²) in [6, 6.07) is 3.83. The van der Waals surface area contributed by atoms with Crippen molar-refractivity contribution in [2.45, 2.75) is 38.3 Å². The first kappa shape index (κ1) is 12.9. The average Bonchev–Trinajstić information content (AvgIpc) is 2.77. The fraction of sp³-hybridized carbons (Fsp3) is 0.583. The Morgan fingerprint density at radius 3 is 3.00 bits per heavy atom. The Morgan fingerprint density at radius 1 is 1.59 bits per heavy atom. The number of nitrogens with one attached hydrogen (secondary N) is 2. The monoisotopic (exact) mass is 272 g/mol. The fourth-order valence-electron chi connectivity index (χ4n) is 2.02. The van der Waals surface area contributed by atoms with Crippen LogP contribution in [0.3, 0.4) is 0 Å². The van der Waals surface area contributed by atoms with E-state index in [-0.39, 0.29) is 18.0 Å². The SMILES string of the molecule is CC(NC(=O)[C@@H]1CCCCN1)c1ccc(Cl)s1. The molecule has 1 unspecified atom stereocenters. The summed E-state index contributed by atoms with van der Waals surface area (Å²) in [6.07, 6.45) is 3.23. The van der Waals surface area contributed by atoms with Gasteiger partial charge in [0.1, 0.15) is 0 Å². The van der Waals surface area contributed by atoms with Gasteiger partial charge < -0.3 is 10.6 Å². The molecule has 1 aliphatic heterocycles. The first-order chi connectivity index (χ1) is 8.16. The Labute approximate surface area is 111 Å². The van der Waals surface area contributed by atoms with Gasteiger partial charge in [-0.15, -0.1) is 11.3 Å². The van der Waals surface area contributed by atoms with E-state index in [0.717, 1.165) is 28.6 Å². The zero-order valence-corrected chi connectivity index (χ0v) is 11.4. The number of thiophene rings is 1. The highest BCUT2D eigenvalue weighted by Crippen LogP contribution is 2.26. The van der Waals surface area contributed by atoms with E-state index in [1.807, 2.05) is 19.1 Å². The van der Waals surface area contributed by atoms with E-state index in [9.17, 15) is 4.79 Å². The highest BCUT2D eigenvalue weighted by Gasteiger charge is 2.22. The maximum atomic E-state index is 12.0. The van der Waals surface area contributed by atoms with Gasteiger partial charge in [-0.05, 0) is 38.4 Å². The summed E-state index contributed by atoms with van der Waals surface area (Å²) in [5.41, 5.74) is 0. The molecular formula is C12H17ClN2OS. The molecule has 1 saturated heterocycles. The average molecular weight is 273 g/mol. The largest absolute Gasteiger partial charge is 0.347 e. The van der Waals surface area contributed by atoms with Crippen molar-refractivity contribution < 1.29 is 4.79 Å². The number of amides is 1. The molecule has 3 nitrogen and oxygen atoms in total. The van der Waals surface area contributed by atoms with Gasteiger partial charge in [-0.1, -0.05) is 18.0 Å². The lowest BCUT2D eigenvalue weighted by Crippen LogP contribution is -2.47. The topological polar surface area (TPSA) is 41.1 Å². The molecule has 0 radical (unpaired) electrons. The van der Waals surface area contributed by atoms with E-state index in [4.69, 9.17) is 11.6 Å². The second-order valence-corrected chi connectivity index (χ2v) is 6.12. The first-order valence-electron chi connectivity index (χ1n) is 5.96. The van der Waals surface area contributed by atoms with Gasteiger partial charge in [-0.2, -0.15) is 0 Å². The second-order valence-electron chi connectivity index (χ2n) is 4.37. The molecule has 1 fully saturated rings. The zero-order chi connectivity index (χ0) is 12.3. The molecule has 1 aliphatic rings. The van der Waals surface area contributed by atoms with Crippen LogP contribution in [-0.4, -0.2) is 18.5 Å². The second kappa shape index (κ2) is 5.85. The Kier molecular flexibility index (Phi) is 4.42. The summed E-state index contributed by atoms with van der Waals surface area (Å²) in [7, 11) is 0. The maximum Gasteiger partial charge on any atom is 0.237 e. The van der Waals surface area contributed by atoms with Gasteiger partial charge in [0.15, 0.2) is 0 Å². The van der Waals surface area contributed by atoms with Gasteiger partial charge >= 0.3 is 0 Å². The van der Waals surface area contributed by atoms with E-state index in [1.165, 1.54) is 17.8 Å². The number of piperidine rings is 1. The van der Waals surface area contributed by atoms with Crippen molar-refractivity contribution in [1.82, 2.24) is 10.6 Å². The predicted octanol–water partition coefficient (Wildman–Crippen LogP) is 2.72. The van der Waals surface area contributed by atoms with Crippen LogP contribution in [0.25, 0.3) is 0 Å². The van der Waals surface area contributed by atoms with Crippen molar-refractivity contribution in [2.24, 2.45) is 0 Å². The molecule has 2 heterocycles. The molecule has 1 aromatic heterocycles. The quantitative estimate of drug-likeness (QED) is 0.888. The van der Waals surface area contributed by atoms with Crippen LogP contribution in [0.5, 0.6) is 0 Å². The van der Waals surface area contributed by atoms with Gasteiger partial charge in [-0.3, -0.25) is 4.79 Å². The Hall–Kier alpha value is -0.580. The third-order valence-corrected chi connectivity index (χ3v) is 4.42. The van der Waals surface area contributed by atoms with E-state index in [0.29, 0.717) is 0 Å². The van der Waals surface area contributed by atoms with Crippen LogP contribution >= 0.6 is 22.9 Å².